The maximum Gasteiger partial charge on any atom is 0.374 e. The van der Waals surface area contributed by atoms with Gasteiger partial charge in [-0.3, -0.25) is 10.0 Å². The van der Waals surface area contributed by atoms with E-state index in [1.165, 1.54) is 6.08 Å². The van der Waals surface area contributed by atoms with E-state index in [-0.39, 0.29) is 10.8 Å². The van der Waals surface area contributed by atoms with Crippen LogP contribution in [0.1, 0.15) is 0 Å². The second kappa shape index (κ2) is 2.85. The Bertz CT molecular complexity index is 411. The van der Waals surface area contributed by atoms with Crippen LogP contribution in [0.25, 0.3) is 0 Å². The summed E-state index contributed by atoms with van der Waals surface area (Å²) in [6.45, 7) is 0. The van der Waals surface area contributed by atoms with E-state index in [9.17, 15) is 14.0 Å². The van der Waals surface area contributed by atoms with Gasteiger partial charge in [-0.1, -0.05) is 6.08 Å². The number of imide groups is 1. The number of fused-ring (bicyclic) bond motifs is 1. The Morgan fingerprint density at radius 1 is 1.50 bits per heavy atom. The van der Waals surface area contributed by atoms with Crippen LogP contribution in [-0.4, -0.2) is 27.9 Å². The Kier molecular flexibility index (Phi) is 1.78. The number of hydrogen-bond acceptors (Lipinski definition) is 3. The third kappa shape index (κ3) is 1.16. The van der Waals surface area contributed by atoms with Crippen LogP contribution >= 0.6 is 0 Å². The number of carbonyl (C=O) groups is 2. The van der Waals surface area contributed by atoms with Gasteiger partial charge >= 0.3 is 6.03 Å². The van der Waals surface area contributed by atoms with E-state index < -0.39 is 23.7 Å². The largest absolute Gasteiger partial charge is 0.374 e. The van der Waals surface area contributed by atoms with Gasteiger partial charge in [0.05, 0.1) is 5.71 Å². The highest BCUT2D eigenvalue weighted by Crippen LogP contribution is 2.21. The molecule has 1 aliphatic heterocycles. The minimum atomic E-state index is -1.10. The molecule has 1 N–H and O–H groups in total. The topological polar surface area (TPSA) is 70.0 Å². The molecule has 0 saturated heterocycles. The highest BCUT2D eigenvalue weighted by Gasteiger charge is 2.35. The second-order valence-corrected chi connectivity index (χ2v) is 2.84. The molecule has 2 rings (SSSR count). The van der Waals surface area contributed by atoms with Crippen LogP contribution in [0, 0.1) is 5.92 Å². The van der Waals surface area contributed by atoms with Crippen molar-refractivity contribution in [3.63, 3.8) is 0 Å². The van der Waals surface area contributed by atoms with Crippen LogP contribution in [0.15, 0.2) is 29.0 Å². The third-order valence-corrected chi connectivity index (χ3v) is 1.93. The van der Waals surface area contributed by atoms with Crippen molar-refractivity contribution in [2.75, 3.05) is 0 Å². The molecule has 0 spiro atoms. The van der Waals surface area contributed by atoms with Gasteiger partial charge in [0.1, 0.15) is 11.7 Å². The minimum Gasteiger partial charge on any atom is -0.277 e. The number of hydrogen-bond donors (Lipinski definition) is 1. The molecular formula is C8H5FN2O3. The van der Waals surface area contributed by atoms with Gasteiger partial charge in [-0.05, 0) is 12.2 Å². The number of carbonyl (C=O) groups excluding carboxylic acids is 2. The molecular weight excluding hydrogens is 191 g/mol. The van der Waals surface area contributed by atoms with Crippen LogP contribution in [0.4, 0.5) is 9.18 Å². The van der Waals surface area contributed by atoms with Crippen molar-refractivity contribution in [1.29, 1.82) is 0 Å². The molecule has 0 bridgehead atoms. The number of hydroxylamine groups is 2. The lowest BCUT2D eigenvalue weighted by Crippen LogP contribution is -2.44. The zero-order valence-electron chi connectivity index (χ0n) is 6.85. The van der Waals surface area contributed by atoms with Crippen LogP contribution in [-0.2, 0) is 4.79 Å². The minimum absolute atomic E-state index is 0.0188. The standard InChI is InChI=1S/C8H5FN2O3/c9-4-1-2-5-6(3-4)10-8(13)11(14)7(5)12/h1-3,5,14H. The Hall–Kier alpha value is -1.82. The van der Waals surface area contributed by atoms with E-state index in [4.69, 9.17) is 5.21 Å². The fourth-order valence-electron chi connectivity index (χ4n) is 1.26. The molecule has 1 atom stereocenters. The summed E-state index contributed by atoms with van der Waals surface area (Å²) in [6, 6.07) is -1.10. The Morgan fingerprint density at radius 2 is 2.21 bits per heavy atom. The van der Waals surface area contributed by atoms with Gasteiger partial charge in [0.2, 0.25) is 0 Å². The van der Waals surface area contributed by atoms with Crippen molar-refractivity contribution < 1.29 is 19.2 Å². The normalized spacial score (nSPS) is 25.9. The Morgan fingerprint density at radius 3 is 2.93 bits per heavy atom. The van der Waals surface area contributed by atoms with E-state index >= 15 is 0 Å². The molecule has 0 aromatic heterocycles. The molecule has 1 unspecified atom stereocenters. The van der Waals surface area contributed by atoms with E-state index in [0.29, 0.717) is 0 Å². The quantitative estimate of drug-likeness (QED) is 0.583. The van der Waals surface area contributed by atoms with Crippen molar-refractivity contribution in [3.05, 3.63) is 24.1 Å². The number of aliphatic imine (C=N–C) groups is 1. The molecule has 0 aromatic carbocycles. The molecule has 6 heteroatoms. The average molecular weight is 196 g/mol. The smallest absolute Gasteiger partial charge is 0.277 e. The van der Waals surface area contributed by atoms with Gasteiger partial charge in [-0.2, -0.15) is 4.99 Å². The summed E-state index contributed by atoms with van der Waals surface area (Å²) < 4.78 is 12.7. The first-order valence-corrected chi connectivity index (χ1v) is 3.80. The molecule has 0 saturated carbocycles. The van der Waals surface area contributed by atoms with Gasteiger partial charge < -0.3 is 0 Å². The average Bonchev–Trinajstić information content (AvgIpc) is 2.14. The summed E-state index contributed by atoms with van der Waals surface area (Å²) in [5, 5.41) is 8.86. The van der Waals surface area contributed by atoms with Gasteiger partial charge in [0, 0.05) is 0 Å². The van der Waals surface area contributed by atoms with Crippen LogP contribution in [0.2, 0.25) is 0 Å². The van der Waals surface area contributed by atoms with Gasteiger partial charge in [-0.15, -0.1) is 5.06 Å². The molecule has 0 radical (unpaired) electrons. The second-order valence-electron chi connectivity index (χ2n) is 2.84. The number of rotatable bonds is 0. The molecule has 5 nitrogen and oxygen atoms in total. The van der Waals surface area contributed by atoms with Crippen molar-refractivity contribution in [2.24, 2.45) is 10.9 Å². The predicted octanol–water partition coefficient (Wildman–Crippen LogP) is 0.818. The fourth-order valence-corrected chi connectivity index (χ4v) is 1.26. The van der Waals surface area contributed by atoms with E-state index in [0.717, 1.165) is 12.2 Å². The highest BCUT2D eigenvalue weighted by molar-refractivity contribution is 6.21. The zero-order chi connectivity index (χ0) is 10.3. The molecule has 0 aromatic rings. The van der Waals surface area contributed by atoms with Crippen molar-refractivity contribution in [3.8, 4) is 0 Å². The molecule has 3 amide bonds. The number of nitrogens with zero attached hydrogens (tertiary/aromatic N) is 2. The van der Waals surface area contributed by atoms with Crippen LogP contribution < -0.4 is 0 Å². The predicted molar refractivity (Wildman–Crippen MR) is 43.3 cm³/mol. The van der Waals surface area contributed by atoms with Gasteiger partial charge in [0.25, 0.3) is 5.91 Å². The number of urea groups is 1. The summed E-state index contributed by atoms with van der Waals surface area (Å²) in [6.07, 6.45) is 3.32. The van der Waals surface area contributed by atoms with Gasteiger partial charge in [-0.25, -0.2) is 9.18 Å². The summed E-state index contributed by atoms with van der Waals surface area (Å²) in [5.74, 6) is -2.26. The fraction of sp³-hybridized carbons (Fsp3) is 0.125. The number of halogens is 1. The molecule has 1 heterocycles. The lowest BCUT2D eigenvalue weighted by Gasteiger charge is -2.23. The summed E-state index contributed by atoms with van der Waals surface area (Å²) in [7, 11) is 0. The van der Waals surface area contributed by atoms with Gasteiger partial charge in [0.15, 0.2) is 0 Å². The van der Waals surface area contributed by atoms with E-state index in [1.807, 2.05) is 0 Å². The first-order chi connectivity index (χ1) is 6.59. The molecule has 14 heavy (non-hydrogen) atoms. The first-order valence-electron chi connectivity index (χ1n) is 3.80. The highest BCUT2D eigenvalue weighted by atomic mass is 19.1. The van der Waals surface area contributed by atoms with E-state index in [1.54, 1.807) is 0 Å². The number of allylic oxidation sites excluding steroid dienone is 3. The maximum atomic E-state index is 12.7. The molecule has 72 valence electrons. The zero-order valence-corrected chi connectivity index (χ0v) is 6.85. The molecule has 0 fully saturated rings. The molecule has 1 aliphatic carbocycles. The number of amides is 3. The Balaban J connectivity index is 2.47. The van der Waals surface area contributed by atoms with Crippen molar-refractivity contribution in [2.45, 2.75) is 0 Å². The molecule has 2 aliphatic rings. The Labute approximate surface area is 77.8 Å². The SMILES string of the molecule is O=C1N=C2C=C(F)C=CC2C(=O)N1O. The lowest BCUT2D eigenvalue weighted by atomic mass is 9.96. The monoisotopic (exact) mass is 196 g/mol. The lowest BCUT2D eigenvalue weighted by molar-refractivity contribution is -0.153. The van der Waals surface area contributed by atoms with Crippen LogP contribution in [0.5, 0.6) is 0 Å². The third-order valence-electron chi connectivity index (χ3n) is 1.93. The summed E-state index contributed by atoms with van der Waals surface area (Å²) in [4.78, 5) is 25.5. The van der Waals surface area contributed by atoms with E-state index in [2.05, 4.69) is 4.99 Å². The summed E-state index contributed by atoms with van der Waals surface area (Å²) >= 11 is 0. The maximum absolute atomic E-state index is 12.7. The van der Waals surface area contributed by atoms with Crippen LogP contribution in [0.3, 0.4) is 0 Å². The van der Waals surface area contributed by atoms with Crippen molar-refractivity contribution in [1.82, 2.24) is 5.06 Å². The van der Waals surface area contributed by atoms with Crippen molar-refractivity contribution >= 4 is 17.6 Å². The first kappa shape index (κ1) is 8.76. The summed E-state index contributed by atoms with van der Waals surface area (Å²) in [5.41, 5.74) is 0.0188.